The van der Waals surface area contributed by atoms with Gasteiger partial charge in [0.1, 0.15) is 5.78 Å². The first-order valence-corrected chi connectivity index (χ1v) is 5.55. The van der Waals surface area contributed by atoms with Crippen molar-refractivity contribution in [2.24, 2.45) is 5.92 Å². The topological polar surface area (TPSA) is 17.1 Å². The van der Waals surface area contributed by atoms with E-state index in [0.717, 1.165) is 6.42 Å². The summed E-state index contributed by atoms with van der Waals surface area (Å²) in [5, 5.41) is 0. The summed E-state index contributed by atoms with van der Waals surface area (Å²) in [7, 11) is 0. The second kappa shape index (κ2) is 3.40. The van der Waals surface area contributed by atoms with E-state index in [0.29, 0.717) is 11.7 Å². The smallest absolute Gasteiger partial charge is 0.136 e. The molecule has 0 aromatic heterocycles. The molecule has 1 aromatic rings. The van der Waals surface area contributed by atoms with Gasteiger partial charge < -0.3 is 0 Å². The van der Waals surface area contributed by atoms with Gasteiger partial charge in [0.2, 0.25) is 0 Å². The Balaban J connectivity index is 2.27. The van der Waals surface area contributed by atoms with Gasteiger partial charge in [-0.3, -0.25) is 4.79 Å². The fourth-order valence-corrected chi connectivity index (χ4v) is 2.59. The zero-order valence-electron chi connectivity index (χ0n) is 7.46. The molecule has 0 radical (unpaired) electrons. The molecular weight excluding hydrogens is 275 g/mol. The quantitative estimate of drug-likeness (QED) is 0.725. The first-order valence-electron chi connectivity index (χ1n) is 4.47. The van der Waals surface area contributed by atoms with Gasteiger partial charge in [0, 0.05) is 21.8 Å². The van der Waals surface area contributed by atoms with E-state index in [1.807, 2.05) is 19.1 Å². The summed E-state index contributed by atoms with van der Waals surface area (Å²) < 4.78 is 1.28. The third-order valence-corrected chi connectivity index (χ3v) is 3.82. The standard InChI is InChI=1S/C11H11IO/c1-7-9(6-11(7)13)8-4-2-3-5-10(8)12/h2-5,7,9H,6H2,1H3. The SMILES string of the molecule is CC1C(=O)CC1c1ccccc1I. The zero-order chi connectivity index (χ0) is 9.42. The van der Waals surface area contributed by atoms with Crippen LogP contribution in [0.4, 0.5) is 0 Å². The van der Waals surface area contributed by atoms with Gasteiger partial charge in [0.15, 0.2) is 0 Å². The van der Waals surface area contributed by atoms with E-state index in [4.69, 9.17) is 0 Å². The van der Waals surface area contributed by atoms with Crippen LogP contribution in [-0.2, 0) is 4.79 Å². The molecule has 1 aromatic carbocycles. The summed E-state index contributed by atoms with van der Waals surface area (Å²) in [6, 6.07) is 8.32. The lowest BCUT2D eigenvalue weighted by Crippen LogP contribution is -2.33. The Hall–Kier alpha value is -0.380. The van der Waals surface area contributed by atoms with Gasteiger partial charge in [-0.2, -0.15) is 0 Å². The molecular formula is C11H11IO. The first kappa shape index (κ1) is 9.19. The van der Waals surface area contributed by atoms with Gasteiger partial charge in [0.05, 0.1) is 0 Å². The number of ketones is 1. The lowest BCUT2D eigenvalue weighted by atomic mass is 9.70. The first-order chi connectivity index (χ1) is 6.20. The third-order valence-electron chi connectivity index (χ3n) is 2.84. The molecule has 0 spiro atoms. The molecule has 2 atom stereocenters. The van der Waals surface area contributed by atoms with Crippen LogP contribution in [0.1, 0.15) is 24.8 Å². The predicted molar refractivity (Wildman–Crippen MR) is 60.7 cm³/mol. The summed E-state index contributed by atoms with van der Waals surface area (Å²) in [4.78, 5) is 11.1. The molecule has 1 saturated carbocycles. The third kappa shape index (κ3) is 1.52. The molecule has 0 heterocycles. The van der Waals surface area contributed by atoms with E-state index >= 15 is 0 Å². The maximum Gasteiger partial charge on any atom is 0.136 e. The largest absolute Gasteiger partial charge is 0.299 e. The number of Topliss-reactive ketones (excluding diaryl/α,β-unsaturated/α-hetero) is 1. The zero-order valence-corrected chi connectivity index (χ0v) is 9.61. The minimum absolute atomic E-state index is 0.232. The van der Waals surface area contributed by atoms with Crippen LogP contribution in [0.25, 0.3) is 0 Å². The number of halogens is 1. The molecule has 68 valence electrons. The Morgan fingerprint density at radius 3 is 2.62 bits per heavy atom. The Labute approximate surface area is 91.7 Å². The van der Waals surface area contributed by atoms with Crippen molar-refractivity contribution in [3.8, 4) is 0 Å². The maximum absolute atomic E-state index is 11.1. The molecule has 0 saturated heterocycles. The lowest BCUT2D eigenvalue weighted by Gasteiger charge is -2.33. The number of hydrogen-bond acceptors (Lipinski definition) is 1. The van der Waals surface area contributed by atoms with E-state index < -0.39 is 0 Å². The lowest BCUT2D eigenvalue weighted by molar-refractivity contribution is -0.130. The van der Waals surface area contributed by atoms with Crippen LogP contribution >= 0.6 is 22.6 Å². The van der Waals surface area contributed by atoms with Crippen LogP contribution < -0.4 is 0 Å². The Morgan fingerprint density at radius 1 is 1.38 bits per heavy atom. The molecule has 0 aliphatic heterocycles. The summed E-state index contributed by atoms with van der Waals surface area (Å²) in [6.45, 7) is 2.03. The molecule has 0 N–H and O–H groups in total. The van der Waals surface area contributed by atoms with Crippen molar-refractivity contribution < 1.29 is 4.79 Å². The van der Waals surface area contributed by atoms with Gasteiger partial charge in [-0.05, 0) is 34.2 Å². The summed E-state index contributed by atoms with van der Waals surface area (Å²) in [5.74, 6) is 1.11. The van der Waals surface area contributed by atoms with Crippen molar-refractivity contribution in [1.82, 2.24) is 0 Å². The summed E-state index contributed by atoms with van der Waals surface area (Å²) in [5.41, 5.74) is 1.34. The minimum Gasteiger partial charge on any atom is -0.299 e. The second-order valence-corrected chi connectivity index (χ2v) is 4.75. The predicted octanol–water partition coefficient (Wildman–Crippen LogP) is 2.98. The maximum atomic E-state index is 11.1. The van der Waals surface area contributed by atoms with Crippen molar-refractivity contribution in [2.45, 2.75) is 19.3 Å². The average Bonchev–Trinajstić information content (AvgIpc) is 2.15. The van der Waals surface area contributed by atoms with Gasteiger partial charge in [-0.25, -0.2) is 0 Å². The van der Waals surface area contributed by atoms with E-state index in [2.05, 4.69) is 34.7 Å². The summed E-state index contributed by atoms with van der Waals surface area (Å²) >= 11 is 2.34. The highest BCUT2D eigenvalue weighted by Crippen LogP contribution is 2.40. The number of carbonyl (C=O) groups is 1. The number of carbonyl (C=O) groups excluding carboxylic acids is 1. The van der Waals surface area contributed by atoms with Crippen molar-refractivity contribution in [3.63, 3.8) is 0 Å². The molecule has 0 amide bonds. The van der Waals surface area contributed by atoms with Crippen molar-refractivity contribution >= 4 is 28.4 Å². The normalized spacial score (nSPS) is 27.1. The molecule has 0 bridgehead atoms. The van der Waals surface area contributed by atoms with Crippen LogP contribution in [0.15, 0.2) is 24.3 Å². The monoisotopic (exact) mass is 286 g/mol. The molecule has 1 aliphatic rings. The Morgan fingerprint density at radius 2 is 2.08 bits per heavy atom. The molecule has 2 heteroatoms. The molecule has 13 heavy (non-hydrogen) atoms. The van der Waals surface area contributed by atoms with Crippen LogP contribution in [0.2, 0.25) is 0 Å². The fraction of sp³-hybridized carbons (Fsp3) is 0.364. The van der Waals surface area contributed by atoms with Gasteiger partial charge >= 0.3 is 0 Å². The molecule has 2 rings (SSSR count). The highest BCUT2D eigenvalue weighted by molar-refractivity contribution is 14.1. The minimum atomic E-state index is 0.232. The molecule has 1 aliphatic carbocycles. The highest BCUT2D eigenvalue weighted by Gasteiger charge is 2.37. The number of rotatable bonds is 1. The van der Waals surface area contributed by atoms with Gasteiger partial charge in [0.25, 0.3) is 0 Å². The number of hydrogen-bond donors (Lipinski definition) is 0. The molecule has 1 nitrogen and oxygen atoms in total. The van der Waals surface area contributed by atoms with Crippen LogP contribution in [0.3, 0.4) is 0 Å². The van der Waals surface area contributed by atoms with Crippen LogP contribution in [0.5, 0.6) is 0 Å². The van der Waals surface area contributed by atoms with E-state index in [-0.39, 0.29) is 5.92 Å². The average molecular weight is 286 g/mol. The van der Waals surface area contributed by atoms with Crippen LogP contribution in [0, 0.1) is 9.49 Å². The van der Waals surface area contributed by atoms with E-state index in [1.54, 1.807) is 0 Å². The highest BCUT2D eigenvalue weighted by atomic mass is 127. The van der Waals surface area contributed by atoms with Crippen LogP contribution in [-0.4, -0.2) is 5.78 Å². The Kier molecular flexibility index (Phi) is 2.41. The Bertz CT molecular complexity index is 346. The second-order valence-electron chi connectivity index (χ2n) is 3.59. The number of benzene rings is 1. The van der Waals surface area contributed by atoms with Gasteiger partial charge in [-0.15, -0.1) is 0 Å². The van der Waals surface area contributed by atoms with Crippen molar-refractivity contribution in [2.75, 3.05) is 0 Å². The van der Waals surface area contributed by atoms with Crippen molar-refractivity contribution in [1.29, 1.82) is 0 Å². The molecule has 1 fully saturated rings. The summed E-state index contributed by atoms with van der Waals surface area (Å²) in [6.07, 6.45) is 0.737. The van der Waals surface area contributed by atoms with Gasteiger partial charge in [-0.1, -0.05) is 25.1 Å². The van der Waals surface area contributed by atoms with E-state index in [9.17, 15) is 4.79 Å². The molecule has 2 unspecified atom stereocenters. The van der Waals surface area contributed by atoms with E-state index in [1.165, 1.54) is 9.13 Å². The van der Waals surface area contributed by atoms with Crippen molar-refractivity contribution in [3.05, 3.63) is 33.4 Å². The fourth-order valence-electron chi connectivity index (χ4n) is 1.80.